The normalized spacial score (nSPS) is 10.5. The smallest absolute Gasteiger partial charge is 0.325 e. The Hall–Kier alpha value is -2.77. The minimum absolute atomic E-state index is 0.0478. The molecule has 0 aliphatic heterocycles. The van der Waals surface area contributed by atoms with E-state index in [-0.39, 0.29) is 27.0 Å². The molecule has 0 aliphatic carbocycles. The summed E-state index contributed by atoms with van der Waals surface area (Å²) >= 11 is 7.18. The van der Waals surface area contributed by atoms with Gasteiger partial charge >= 0.3 is 6.03 Å². The van der Waals surface area contributed by atoms with E-state index in [1.54, 1.807) is 11.4 Å². The monoisotopic (exact) mass is 375 g/mol. The van der Waals surface area contributed by atoms with E-state index in [0.29, 0.717) is 0 Å². The van der Waals surface area contributed by atoms with Crippen LogP contribution in [0.4, 0.5) is 20.0 Å². The second-order valence-electron chi connectivity index (χ2n) is 4.96. The maximum Gasteiger partial charge on any atom is 0.325 e. The van der Waals surface area contributed by atoms with Crippen LogP contribution in [-0.4, -0.2) is 16.8 Å². The van der Waals surface area contributed by atoms with Crippen molar-refractivity contribution in [2.24, 2.45) is 5.73 Å². The Labute approximate surface area is 151 Å². The first-order valence-electron chi connectivity index (χ1n) is 7.07. The first-order chi connectivity index (χ1) is 12.0. The summed E-state index contributed by atoms with van der Waals surface area (Å²) in [7, 11) is 0. The van der Waals surface area contributed by atoms with Crippen molar-refractivity contribution in [1.29, 1.82) is 0 Å². The van der Waals surface area contributed by atoms with E-state index in [1.807, 2.05) is 0 Å². The number of rotatable bonds is 4. The van der Waals surface area contributed by atoms with Crippen LogP contribution in [0.25, 0.3) is 0 Å². The highest BCUT2D eigenvalue weighted by Crippen LogP contribution is 2.33. The molecular weight excluding hydrogens is 365 g/mol. The predicted octanol–water partition coefficient (Wildman–Crippen LogP) is 4.38. The van der Waals surface area contributed by atoms with Gasteiger partial charge in [-0.25, -0.2) is 19.1 Å². The lowest BCUT2D eigenvalue weighted by molar-refractivity contribution is 0.103. The van der Waals surface area contributed by atoms with Gasteiger partial charge in [-0.15, -0.1) is 11.3 Å². The molecular formula is C17H11ClFN3O2S. The molecule has 2 aromatic carbocycles. The molecule has 1 aromatic heterocycles. The van der Waals surface area contributed by atoms with Crippen LogP contribution in [0.5, 0.6) is 0 Å². The number of anilines is 2. The van der Waals surface area contributed by atoms with Gasteiger partial charge in [-0.1, -0.05) is 23.7 Å². The summed E-state index contributed by atoms with van der Waals surface area (Å²) in [6, 6.07) is 9.12. The number of ketones is 1. The van der Waals surface area contributed by atoms with Crippen molar-refractivity contribution in [3.8, 4) is 0 Å². The van der Waals surface area contributed by atoms with Crippen LogP contribution >= 0.6 is 22.9 Å². The zero-order valence-corrected chi connectivity index (χ0v) is 14.2. The largest absolute Gasteiger partial charge is 0.351 e. The van der Waals surface area contributed by atoms with Crippen molar-refractivity contribution < 1.29 is 14.0 Å². The average Bonchev–Trinajstić information content (AvgIpc) is 3.10. The van der Waals surface area contributed by atoms with Gasteiger partial charge in [-0.2, -0.15) is 0 Å². The Balaban J connectivity index is 2.18. The lowest BCUT2D eigenvalue weighted by Crippen LogP contribution is -2.32. The number of halogens is 2. The van der Waals surface area contributed by atoms with Gasteiger partial charge < -0.3 is 5.73 Å². The Morgan fingerprint density at radius 2 is 1.92 bits per heavy atom. The van der Waals surface area contributed by atoms with Gasteiger partial charge in [0.2, 0.25) is 0 Å². The summed E-state index contributed by atoms with van der Waals surface area (Å²) in [6.07, 6.45) is 1.50. The van der Waals surface area contributed by atoms with Gasteiger partial charge in [0.05, 0.1) is 11.3 Å². The van der Waals surface area contributed by atoms with Crippen LogP contribution < -0.4 is 10.6 Å². The van der Waals surface area contributed by atoms with Crippen molar-refractivity contribution in [2.75, 3.05) is 4.90 Å². The number of hydrogen-bond acceptors (Lipinski definition) is 4. The Morgan fingerprint density at radius 3 is 2.56 bits per heavy atom. The maximum atomic E-state index is 14.0. The fraction of sp³-hybridized carbons (Fsp3) is 0. The van der Waals surface area contributed by atoms with Crippen molar-refractivity contribution in [1.82, 2.24) is 4.98 Å². The lowest BCUT2D eigenvalue weighted by atomic mass is 10.0. The summed E-state index contributed by atoms with van der Waals surface area (Å²) in [5.74, 6) is -1.28. The van der Waals surface area contributed by atoms with Gasteiger partial charge in [0.15, 0.2) is 10.9 Å². The third-order valence-corrected chi connectivity index (χ3v) is 4.39. The number of nitrogens with two attached hydrogens (primary N) is 1. The van der Waals surface area contributed by atoms with E-state index in [2.05, 4.69) is 4.98 Å². The van der Waals surface area contributed by atoms with Gasteiger partial charge in [0.25, 0.3) is 0 Å². The number of thiazole rings is 1. The Morgan fingerprint density at radius 1 is 1.16 bits per heavy atom. The minimum atomic E-state index is -0.820. The van der Waals surface area contributed by atoms with Crippen molar-refractivity contribution in [2.45, 2.75) is 0 Å². The summed E-state index contributed by atoms with van der Waals surface area (Å²) in [6.45, 7) is 0. The van der Waals surface area contributed by atoms with Gasteiger partial charge in [-0.05, 0) is 30.3 Å². The zero-order valence-electron chi connectivity index (χ0n) is 12.6. The molecule has 25 heavy (non-hydrogen) atoms. The molecule has 1 heterocycles. The van der Waals surface area contributed by atoms with Gasteiger partial charge in [0, 0.05) is 22.2 Å². The number of amides is 2. The van der Waals surface area contributed by atoms with Crippen LogP contribution in [0, 0.1) is 5.82 Å². The number of primary amides is 1. The number of nitrogens with zero attached hydrogens (tertiary/aromatic N) is 2. The van der Waals surface area contributed by atoms with Crippen LogP contribution in [0.2, 0.25) is 5.02 Å². The standard InChI is InChI=1S/C17H11ClFN3O2S/c18-10-5-6-14(22(16(20)24)17-21-7-8-25-17)12(9-10)15(23)11-3-1-2-4-13(11)19/h1-9H,(H2,20,24). The number of aromatic nitrogens is 1. The SMILES string of the molecule is NC(=O)N(c1nccs1)c1ccc(Cl)cc1C(=O)c1ccccc1F. The average molecular weight is 376 g/mol. The number of urea groups is 1. The minimum Gasteiger partial charge on any atom is -0.351 e. The summed E-state index contributed by atoms with van der Waals surface area (Å²) < 4.78 is 14.0. The number of benzene rings is 2. The highest BCUT2D eigenvalue weighted by atomic mass is 35.5. The first-order valence-corrected chi connectivity index (χ1v) is 8.32. The molecule has 0 saturated heterocycles. The predicted molar refractivity (Wildman–Crippen MR) is 95.1 cm³/mol. The summed E-state index contributed by atoms with van der Waals surface area (Å²) in [4.78, 5) is 29.9. The van der Waals surface area contributed by atoms with E-state index in [0.717, 1.165) is 4.90 Å². The molecule has 2 amide bonds. The molecule has 0 aliphatic rings. The molecule has 0 fully saturated rings. The van der Waals surface area contributed by atoms with Crippen molar-refractivity contribution in [3.63, 3.8) is 0 Å². The second kappa shape index (κ2) is 7.00. The molecule has 0 saturated carbocycles. The summed E-state index contributed by atoms with van der Waals surface area (Å²) in [5, 5.41) is 2.23. The third-order valence-electron chi connectivity index (χ3n) is 3.39. The molecule has 0 radical (unpaired) electrons. The van der Waals surface area contributed by atoms with Crippen molar-refractivity contribution in [3.05, 3.63) is 76.0 Å². The van der Waals surface area contributed by atoms with E-state index in [4.69, 9.17) is 17.3 Å². The quantitative estimate of drug-likeness (QED) is 0.687. The van der Waals surface area contributed by atoms with Crippen LogP contribution in [-0.2, 0) is 0 Å². The van der Waals surface area contributed by atoms with Crippen LogP contribution in [0.3, 0.4) is 0 Å². The molecule has 5 nitrogen and oxygen atoms in total. The molecule has 0 spiro atoms. The molecule has 126 valence electrons. The fourth-order valence-corrected chi connectivity index (χ4v) is 3.15. The van der Waals surface area contributed by atoms with Gasteiger partial charge in [-0.3, -0.25) is 4.79 Å². The second-order valence-corrected chi connectivity index (χ2v) is 6.27. The van der Waals surface area contributed by atoms with E-state index in [9.17, 15) is 14.0 Å². The number of carbonyl (C=O) groups excluding carboxylic acids is 2. The van der Waals surface area contributed by atoms with Crippen LogP contribution in [0.15, 0.2) is 54.0 Å². The lowest BCUT2D eigenvalue weighted by Gasteiger charge is -2.20. The first kappa shape index (κ1) is 17.1. The zero-order chi connectivity index (χ0) is 18.0. The van der Waals surface area contributed by atoms with Crippen LogP contribution in [0.1, 0.15) is 15.9 Å². The number of hydrogen-bond donors (Lipinski definition) is 1. The third kappa shape index (κ3) is 3.38. The fourth-order valence-electron chi connectivity index (χ4n) is 2.32. The molecule has 3 rings (SSSR count). The summed E-state index contributed by atoms with van der Waals surface area (Å²) in [5.41, 5.74) is 5.57. The molecule has 8 heteroatoms. The topological polar surface area (TPSA) is 76.3 Å². The maximum absolute atomic E-state index is 14.0. The Kier molecular flexibility index (Phi) is 4.78. The highest BCUT2D eigenvalue weighted by molar-refractivity contribution is 7.13. The molecule has 0 unspecified atom stereocenters. The van der Waals surface area contributed by atoms with Gasteiger partial charge in [0.1, 0.15) is 5.82 Å². The molecule has 3 aromatic rings. The molecule has 2 N–H and O–H groups in total. The van der Waals surface area contributed by atoms with E-state index in [1.165, 1.54) is 53.9 Å². The van der Waals surface area contributed by atoms with E-state index >= 15 is 0 Å². The Bertz CT molecular complexity index is 947. The number of carbonyl (C=O) groups is 2. The van der Waals surface area contributed by atoms with Crippen molar-refractivity contribution >= 4 is 45.6 Å². The highest BCUT2D eigenvalue weighted by Gasteiger charge is 2.25. The molecule has 0 bridgehead atoms. The molecule has 0 atom stereocenters. The van der Waals surface area contributed by atoms with E-state index < -0.39 is 17.6 Å².